The third kappa shape index (κ3) is 9.60. The first-order valence-corrected chi connectivity index (χ1v) is 7.93. The van der Waals surface area contributed by atoms with Crippen LogP contribution in [-0.4, -0.2) is 43.4 Å². The Kier molecular flexibility index (Phi) is 9.09. The molecule has 0 bridgehead atoms. The predicted octanol–water partition coefficient (Wildman–Crippen LogP) is 2.32. The van der Waals surface area contributed by atoms with Gasteiger partial charge in [-0.1, -0.05) is 13.8 Å². The topological polar surface area (TPSA) is 76.7 Å². The smallest absolute Gasteiger partial charge is 0.407 e. The molecule has 2 unspecified atom stereocenters. The van der Waals surface area contributed by atoms with Crippen LogP contribution in [0.4, 0.5) is 4.79 Å². The molecule has 0 spiro atoms. The number of carbonyl (C=O) groups excluding carboxylic acids is 2. The molecule has 0 heterocycles. The van der Waals surface area contributed by atoms with E-state index >= 15 is 0 Å². The summed E-state index contributed by atoms with van der Waals surface area (Å²) in [5.41, 5.74) is -0.506. The lowest BCUT2D eigenvalue weighted by molar-refractivity contribution is -0.145. The van der Waals surface area contributed by atoms with Gasteiger partial charge in [0, 0.05) is 13.1 Å². The van der Waals surface area contributed by atoms with Gasteiger partial charge in [0.25, 0.3) is 0 Å². The van der Waals surface area contributed by atoms with Gasteiger partial charge in [0.1, 0.15) is 11.6 Å². The normalized spacial score (nSPS) is 14.4. The molecular weight excluding hydrogens is 284 g/mol. The summed E-state index contributed by atoms with van der Waals surface area (Å²) in [7, 11) is 0. The lowest BCUT2D eigenvalue weighted by Gasteiger charge is -2.25. The molecule has 0 aliphatic carbocycles. The zero-order valence-corrected chi connectivity index (χ0v) is 15.0. The van der Waals surface area contributed by atoms with E-state index in [1.165, 1.54) is 0 Å². The monoisotopic (exact) mass is 316 g/mol. The van der Waals surface area contributed by atoms with Crippen molar-refractivity contribution in [3.8, 4) is 0 Å². The van der Waals surface area contributed by atoms with Gasteiger partial charge in [-0.2, -0.15) is 0 Å². The van der Waals surface area contributed by atoms with E-state index in [2.05, 4.69) is 24.5 Å². The van der Waals surface area contributed by atoms with Crippen LogP contribution in [0.3, 0.4) is 0 Å². The molecule has 0 aromatic rings. The fourth-order valence-electron chi connectivity index (χ4n) is 1.75. The average molecular weight is 316 g/mol. The Morgan fingerprint density at radius 2 is 1.68 bits per heavy atom. The van der Waals surface area contributed by atoms with Crippen molar-refractivity contribution >= 4 is 12.1 Å². The zero-order valence-electron chi connectivity index (χ0n) is 15.0. The lowest BCUT2D eigenvalue weighted by Crippen LogP contribution is -2.43. The fraction of sp³-hybridized carbons (Fsp3) is 0.875. The third-order valence-corrected chi connectivity index (χ3v) is 3.18. The van der Waals surface area contributed by atoms with Gasteiger partial charge in [-0.3, -0.25) is 4.79 Å². The average Bonchev–Trinajstić information content (AvgIpc) is 2.35. The lowest BCUT2D eigenvalue weighted by atomic mass is 9.95. The molecule has 0 radical (unpaired) electrons. The summed E-state index contributed by atoms with van der Waals surface area (Å²) >= 11 is 0. The number of hydrogen-bond acceptors (Lipinski definition) is 5. The number of carbonyl (C=O) groups is 2. The zero-order chi connectivity index (χ0) is 17.3. The summed E-state index contributed by atoms with van der Waals surface area (Å²) in [5.74, 6) is 0.298. The van der Waals surface area contributed by atoms with Gasteiger partial charge >= 0.3 is 12.1 Å². The minimum Gasteiger partial charge on any atom is -0.465 e. The molecule has 2 N–H and O–H groups in total. The molecule has 0 aliphatic heterocycles. The maximum Gasteiger partial charge on any atom is 0.407 e. The van der Waals surface area contributed by atoms with Crippen LogP contribution in [0.2, 0.25) is 0 Å². The molecule has 6 heteroatoms. The highest BCUT2D eigenvalue weighted by Crippen LogP contribution is 2.10. The number of amides is 1. The van der Waals surface area contributed by atoms with Gasteiger partial charge in [0.05, 0.1) is 6.61 Å². The van der Waals surface area contributed by atoms with Gasteiger partial charge in [-0.15, -0.1) is 0 Å². The molecule has 0 rings (SSSR count). The fourth-order valence-corrected chi connectivity index (χ4v) is 1.75. The Morgan fingerprint density at radius 1 is 1.09 bits per heavy atom. The van der Waals surface area contributed by atoms with E-state index in [-0.39, 0.29) is 17.9 Å². The van der Waals surface area contributed by atoms with Crippen LogP contribution >= 0.6 is 0 Å². The maximum absolute atomic E-state index is 11.7. The summed E-state index contributed by atoms with van der Waals surface area (Å²) < 4.78 is 10.2. The standard InChI is InChI=1S/C16H32N2O4/c1-8-21-14(19)12(4)17-9-13(11(2)3)10-18-15(20)22-16(5,6)7/h11-13,17H,8-10H2,1-7H3,(H,18,20). The Bertz CT molecular complexity index is 351. The predicted molar refractivity (Wildman–Crippen MR) is 86.7 cm³/mol. The number of esters is 1. The third-order valence-electron chi connectivity index (χ3n) is 3.18. The highest BCUT2D eigenvalue weighted by molar-refractivity contribution is 5.75. The van der Waals surface area contributed by atoms with Crippen LogP contribution < -0.4 is 10.6 Å². The van der Waals surface area contributed by atoms with Crippen LogP contribution in [0.5, 0.6) is 0 Å². The van der Waals surface area contributed by atoms with Gasteiger partial charge in [-0.25, -0.2) is 4.79 Å². The van der Waals surface area contributed by atoms with Gasteiger partial charge in [-0.05, 0) is 46.5 Å². The number of rotatable bonds is 8. The highest BCUT2D eigenvalue weighted by atomic mass is 16.6. The largest absolute Gasteiger partial charge is 0.465 e. The summed E-state index contributed by atoms with van der Waals surface area (Å²) in [4.78, 5) is 23.3. The Labute approximate surface area is 134 Å². The minimum atomic E-state index is -0.506. The number of alkyl carbamates (subject to hydrolysis) is 1. The number of hydrogen-bond donors (Lipinski definition) is 2. The highest BCUT2D eigenvalue weighted by Gasteiger charge is 2.21. The molecule has 6 nitrogen and oxygen atoms in total. The minimum absolute atomic E-state index is 0.199. The van der Waals surface area contributed by atoms with Crippen molar-refractivity contribution in [3.63, 3.8) is 0 Å². The Morgan fingerprint density at radius 3 is 2.14 bits per heavy atom. The molecule has 0 saturated carbocycles. The van der Waals surface area contributed by atoms with Gasteiger partial charge in [0.2, 0.25) is 0 Å². The van der Waals surface area contributed by atoms with Crippen molar-refractivity contribution < 1.29 is 19.1 Å². The van der Waals surface area contributed by atoms with E-state index in [0.717, 1.165) is 0 Å². The van der Waals surface area contributed by atoms with Crippen LogP contribution in [0.1, 0.15) is 48.5 Å². The van der Waals surface area contributed by atoms with E-state index in [1.807, 2.05) is 20.8 Å². The molecule has 0 aliphatic rings. The molecule has 1 amide bonds. The molecule has 22 heavy (non-hydrogen) atoms. The second kappa shape index (κ2) is 9.66. The first-order chi connectivity index (χ1) is 10.1. The number of ether oxygens (including phenoxy) is 2. The first-order valence-electron chi connectivity index (χ1n) is 7.93. The number of nitrogens with one attached hydrogen (secondary N) is 2. The van der Waals surface area contributed by atoms with Crippen molar-refractivity contribution in [1.82, 2.24) is 10.6 Å². The van der Waals surface area contributed by atoms with Crippen LogP contribution in [0, 0.1) is 11.8 Å². The molecular formula is C16H32N2O4. The van der Waals surface area contributed by atoms with E-state index in [1.54, 1.807) is 13.8 Å². The van der Waals surface area contributed by atoms with Crippen LogP contribution in [0.25, 0.3) is 0 Å². The van der Waals surface area contributed by atoms with E-state index in [4.69, 9.17) is 9.47 Å². The first kappa shape index (κ1) is 20.7. The van der Waals surface area contributed by atoms with E-state index < -0.39 is 11.7 Å². The summed E-state index contributed by atoms with van der Waals surface area (Å²) in [6, 6.07) is -0.359. The molecule has 0 fully saturated rings. The van der Waals surface area contributed by atoms with Crippen molar-refractivity contribution in [3.05, 3.63) is 0 Å². The van der Waals surface area contributed by atoms with Crippen molar-refractivity contribution in [2.45, 2.75) is 60.1 Å². The van der Waals surface area contributed by atoms with Crippen LogP contribution in [-0.2, 0) is 14.3 Å². The molecule has 130 valence electrons. The van der Waals surface area contributed by atoms with Crippen molar-refractivity contribution in [1.29, 1.82) is 0 Å². The van der Waals surface area contributed by atoms with Crippen LogP contribution in [0.15, 0.2) is 0 Å². The van der Waals surface area contributed by atoms with Gasteiger partial charge < -0.3 is 20.1 Å². The quantitative estimate of drug-likeness (QED) is 0.672. The van der Waals surface area contributed by atoms with Gasteiger partial charge in [0.15, 0.2) is 0 Å². The maximum atomic E-state index is 11.7. The molecule has 0 aromatic heterocycles. The Balaban J connectivity index is 4.27. The second-order valence-corrected chi connectivity index (χ2v) is 6.77. The molecule has 0 aromatic carbocycles. The van der Waals surface area contributed by atoms with E-state index in [0.29, 0.717) is 25.6 Å². The second-order valence-electron chi connectivity index (χ2n) is 6.77. The van der Waals surface area contributed by atoms with E-state index in [9.17, 15) is 9.59 Å². The van der Waals surface area contributed by atoms with Crippen molar-refractivity contribution in [2.24, 2.45) is 11.8 Å². The SMILES string of the molecule is CCOC(=O)C(C)NCC(CNC(=O)OC(C)(C)C)C(C)C. The molecule has 0 saturated heterocycles. The molecule has 2 atom stereocenters. The Hall–Kier alpha value is -1.30. The summed E-state index contributed by atoms with van der Waals surface area (Å²) in [5, 5.41) is 5.94. The van der Waals surface area contributed by atoms with Crippen molar-refractivity contribution in [2.75, 3.05) is 19.7 Å². The summed E-state index contributed by atoms with van der Waals surface area (Å²) in [6.45, 7) is 14.7. The summed E-state index contributed by atoms with van der Waals surface area (Å²) in [6.07, 6.45) is -0.420.